The first kappa shape index (κ1) is 10.6. The third-order valence-corrected chi connectivity index (χ3v) is 3.52. The summed E-state index contributed by atoms with van der Waals surface area (Å²) in [5.74, 6) is 0. The third-order valence-electron chi connectivity index (χ3n) is 3.52. The molecule has 2 aromatic rings. The number of benzene rings is 1. The van der Waals surface area contributed by atoms with E-state index in [1.165, 1.54) is 37.0 Å². The molecule has 3 rings (SSSR count). The molecule has 0 aliphatic carbocycles. The van der Waals surface area contributed by atoms with Gasteiger partial charge in [-0.15, -0.1) is 0 Å². The Labute approximate surface area is 101 Å². The Kier molecular flexibility index (Phi) is 2.52. The van der Waals surface area contributed by atoms with E-state index < -0.39 is 0 Å². The van der Waals surface area contributed by atoms with Crippen molar-refractivity contribution in [2.24, 2.45) is 7.05 Å². The lowest BCUT2D eigenvalue weighted by atomic mass is 10.2. The Morgan fingerprint density at radius 3 is 2.82 bits per heavy atom. The molecule has 4 nitrogen and oxygen atoms in total. The van der Waals surface area contributed by atoms with Crippen LogP contribution in [0, 0.1) is 0 Å². The second kappa shape index (κ2) is 4.04. The minimum absolute atomic E-state index is 0.799. The van der Waals surface area contributed by atoms with Gasteiger partial charge in [-0.2, -0.15) is 5.10 Å². The van der Waals surface area contributed by atoms with Crippen LogP contribution in [0.2, 0.25) is 0 Å². The minimum Gasteiger partial charge on any atom is -0.399 e. The summed E-state index contributed by atoms with van der Waals surface area (Å²) in [6, 6.07) is 6.04. The molecule has 0 spiro atoms. The van der Waals surface area contributed by atoms with Crippen molar-refractivity contribution in [1.29, 1.82) is 0 Å². The molecule has 1 aliphatic rings. The number of aryl methyl sites for hydroxylation is 1. The molecule has 4 heteroatoms. The Morgan fingerprint density at radius 2 is 2.06 bits per heavy atom. The predicted molar refractivity (Wildman–Crippen MR) is 69.6 cm³/mol. The van der Waals surface area contributed by atoms with Gasteiger partial charge in [0.05, 0.1) is 11.2 Å². The van der Waals surface area contributed by atoms with Gasteiger partial charge in [0.2, 0.25) is 0 Å². The SMILES string of the molecule is Cn1nc(CN2CCCC2)c2ccc(N)cc21. The van der Waals surface area contributed by atoms with Gasteiger partial charge in [-0.25, -0.2) is 0 Å². The molecule has 2 heterocycles. The summed E-state index contributed by atoms with van der Waals surface area (Å²) in [6.45, 7) is 3.36. The zero-order valence-corrected chi connectivity index (χ0v) is 10.2. The smallest absolute Gasteiger partial charge is 0.0843 e. The van der Waals surface area contributed by atoms with E-state index in [0.29, 0.717) is 0 Å². The zero-order valence-electron chi connectivity index (χ0n) is 10.2. The number of anilines is 1. The molecule has 1 aromatic carbocycles. The molecule has 0 amide bonds. The molecule has 90 valence electrons. The number of rotatable bonds is 2. The highest BCUT2D eigenvalue weighted by molar-refractivity contribution is 5.84. The van der Waals surface area contributed by atoms with Gasteiger partial charge in [-0.05, 0) is 44.1 Å². The monoisotopic (exact) mass is 230 g/mol. The van der Waals surface area contributed by atoms with Crippen molar-refractivity contribution in [1.82, 2.24) is 14.7 Å². The van der Waals surface area contributed by atoms with Gasteiger partial charge in [0.15, 0.2) is 0 Å². The molecule has 1 aliphatic heterocycles. The van der Waals surface area contributed by atoms with Crippen molar-refractivity contribution in [3.05, 3.63) is 23.9 Å². The first-order chi connectivity index (χ1) is 8.24. The van der Waals surface area contributed by atoms with Crippen LogP contribution in [0.1, 0.15) is 18.5 Å². The maximum atomic E-state index is 5.81. The summed E-state index contributed by atoms with van der Waals surface area (Å²) < 4.78 is 1.93. The maximum Gasteiger partial charge on any atom is 0.0843 e. The van der Waals surface area contributed by atoms with Crippen LogP contribution < -0.4 is 5.73 Å². The molecule has 17 heavy (non-hydrogen) atoms. The lowest BCUT2D eigenvalue weighted by molar-refractivity contribution is 0.327. The number of hydrogen-bond acceptors (Lipinski definition) is 3. The molecule has 1 aromatic heterocycles. The molecule has 1 fully saturated rings. The second-order valence-corrected chi connectivity index (χ2v) is 4.83. The van der Waals surface area contributed by atoms with Gasteiger partial charge >= 0.3 is 0 Å². The molecule has 0 unspecified atom stereocenters. The van der Waals surface area contributed by atoms with E-state index in [1.54, 1.807) is 0 Å². The van der Waals surface area contributed by atoms with Crippen LogP contribution >= 0.6 is 0 Å². The first-order valence-electron chi connectivity index (χ1n) is 6.17. The highest BCUT2D eigenvalue weighted by atomic mass is 15.3. The Balaban J connectivity index is 1.98. The molecule has 0 atom stereocenters. The van der Waals surface area contributed by atoms with Crippen LogP contribution in [0.5, 0.6) is 0 Å². The summed E-state index contributed by atoms with van der Waals surface area (Å²) in [4.78, 5) is 2.47. The van der Waals surface area contributed by atoms with Crippen LogP contribution in [0.4, 0.5) is 5.69 Å². The first-order valence-corrected chi connectivity index (χ1v) is 6.17. The molecule has 1 saturated heterocycles. The second-order valence-electron chi connectivity index (χ2n) is 4.83. The van der Waals surface area contributed by atoms with E-state index in [2.05, 4.69) is 16.1 Å². The van der Waals surface area contributed by atoms with Crippen LogP contribution in [0.3, 0.4) is 0 Å². The molecular formula is C13H18N4. The quantitative estimate of drug-likeness (QED) is 0.800. The Morgan fingerprint density at radius 1 is 1.29 bits per heavy atom. The van der Waals surface area contributed by atoms with Crippen molar-refractivity contribution in [3.8, 4) is 0 Å². The number of nitrogens with zero attached hydrogens (tertiary/aromatic N) is 3. The summed E-state index contributed by atoms with van der Waals surface area (Å²) in [7, 11) is 1.98. The number of hydrogen-bond donors (Lipinski definition) is 1. The van der Waals surface area contributed by atoms with E-state index in [9.17, 15) is 0 Å². The average Bonchev–Trinajstić information content (AvgIpc) is 2.89. The van der Waals surface area contributed by atoms with E-state index in [1.807, 2.05) is 23.9 Å². The van der Waals surface area contributed by atoms with E-state index >= 15 is 0 Å². The van der Waals surface area contributed by atoms with Crippen molar-refractivity contribution >= 4 is 16.6 Å². The van der Waals surface area contributed by atoms with E-state index in [0.717, 1.165) is 17.7 Å². The lowest BCUT2D eigenvalue weighted by Crippen LogP contribution is -2.18. The Hall–Kier alpha value is -1.55. The van der Waals surface area contributed by atoms with Crippen molar-refractivity contribution < 1.29 is 0 Å². The highest BCUT2D eigenvalue weighted by Crippen LogP contribution is 2.22. The largest absolute Gasteiger partial charge is 0.399 e. The topological polar surface area (TPSA) is 47.1 Å². The number of aromatic nitrogens is 2. The number of nitrogens with two attached hydrogens (primary N) is 1. The maximum absolute atomic E-state index is 5.81. The summed E-state index contributed by atoms with van der Waals surface area (Å²) in [5, 5.41) is 5.84. The number of nitrogen functional groups attached to an aromatic ring is 1. The van der Waals surface area contributed by atoms with Gasteiger partial charge in [-0.3, -0.25) is 9.58 Å². The van der Waals surface area contributed by atoms with Gasteiger partial charge in [-0.1, -0.05) is 0 Å². The fraction of sp³-hybridized carbons (Fsp3) is 0.462. The third kappa shape index (κ3) is 1.89. The van der Waals surface area contributed by atoms with Crippen molar-refractivity contribution in [2.75, 3.05) is 18.8 Å². The molecule has 0 radical (unpaired) electrons. The van der Waals surface area contributed by atoms with Crippen LogP contribution in [-0.4, -0.2) is 27.8 Å². The molecule has 0 saturated carbocycles. The molecule has 2 N–H and O–H groups in total. The van der Waals surface area contributed by atoms with Gasteiger partial charge < -0.3 is 5.73 Å². The van der Waals surface area contributed by atoms with E-state index in [-0.39, 0.29) is 0 Å². The van der Waals surface area contributed by atoms with Gasteiger partial charge in [0, 0.05) is 24.7 Å². The van der Waals surface area contributed by atoms with Crippen molar-refractivity contribution in [3.63, 3.8) is 0 Å². The van der Waals surface area contributed by atoms with Crippen LogP contribution in [0.25, 0.3) is 10.9 Å². The lowest BCUT2D eigenvalue weighted by Gasteiger charge is -2.12. The average molecular weight is 230 g/mol. The standard InChI is InChI=1S/C13H18N4/c1-16-13-8-10(14)4-5-11(13)12(15-16)9-17-6-2-3-7-17/h4-5,8H,2-3,6-7,9,14H2,1H3. The molecule has 0 bridgehead atoms. The summed E-state index contributed by atoms with van der Waals surface area (Å²) in [5.41, 5.74) is 8.91. The Bertz CT molecular complexity index is 538. The zero-order chi connectivity index (χ0) is 11.8. The summed E-state index contributed by atoms with van der Waals surface area (Å²) >= 11 is 0. The predicted octanol–water partition coefficient (Wildman–Crippen LogP) is 1.75. The van der Waals surface area contributed by atoms with Crippen LogP contribution in [-0.2, 0) is 13.6 Å². The summed E-state index contributed by atoms with van der Waals surface area (Å²) in [6.07, 6.45) is 2.63. The number of likely N-dealkylation sites (tertiary alicyclic amines) is 1. The van der Waals surface area contributed by atoms with Gasteiger partial charge in [0.1, 0.15) is 0 Å². The van der Waals surface area contributed by atoms with E-state index in [4.69, 9.17) is 5.73 Å². The highest BCUT2D eigenvalue weighted by Gasteiger charge is 2.16. The van der Waals surface area contributed by atoms with Crippen molar-refractivity contribution in [2.45, 2.75) is 19.4 Å². The number of fused-ring (bicyclic) bond motifs is 1. The van der Waals surface area contributed by atoms with Gasteiger partial charge in [0.25, 0.3) is 0 Å². The fourth-order valence-corrected chi connectivity index (χ4v) is 2.62. The molecular weight excluding hydrogens is 212 g/mol. The fourth-order valence-electron chi connectivity index (χ4n) is 2.62. The van der Waals surface area contributed by atoms with Crippen LogP contribution in [0.15, 0.2) is 18.2 Å². The normalized spacial score (nSPS) is 17.0. The minimum atomic E-state index is 0.799.